The average molecular weight is 226 g/mol. The van der Waals surface area contributed by atoms with Gasteiger partial charge in [0, 0.05) is 10.5 Å². The molecule has 0 aliphatic heterocycles. The van der Waals surface area contributed by atoms with Crippen molar-refractivity contribution in [3.05, 3.63) is 22.7 Å². The van der Waals surface area contributed by atoms with Gasteiger partial charge < -0.3 is 14.8 Å². The zero-order valence-corrected chi connectivity index (χ0v) is 9.16. The molecule has 1 saturated carbocycles. The Balaban J connectivity index is 2.46. The van der Waals surface area contributed by atoms with Crippen LogP contribution >= 0.6 is 11.6 Å². The average Bonchev–Trinajstić information content (AvgIpc) is 3.00. The molecule has 0 atom stereocenters. The third kappa shape index (κ3) is 2.12. The molecule has 2 rings (SSSR count). The van der Waals surface area contributed by atoms with Crippen LogP contribution in [0.2, 0.25) is 5.02 Å². The Morgan fingerprint density at radius 2 is 2.07 bits per heavy atom. The Morgan fingerprint density at radius 3 is 2.53 bits per heavy atom. The Morgan fingerprint density at radius 1 is 1.40 bits per heavy atom. The van der Waals surface area contributed by atoms with E-state index in [1.54, 1.807) is 19.2 Å². The highest BCUT2D eigenvalue weighted by Gasteiger charge is 2.29. The molecule has 0 saturated heterocycles. The van der Waals surface area contributed by atoms with E-state index in [0.29, 0.717) is 16.4 Å². The highest BCUT2D eigenvalue weighted by molar-refractivity contribution is 6.62. The molecule has 0 amide bonds. The Bertz CT molecular complexity index is 377. The van der Waals surface area contributed by atoms with E-state index in [4.69, 9.17) is 26.4 Å². The fourth-order valence-corrected chi connectivity index (χ4v) is 1.93. The van der Waals surface area contributed by atoms with Crippen molar-refractivity contribution in [3.63, 3.8) is 0 Å². The topological polar surface area (TPSA) is 49.7 Å². The van der Waals surface area contributed by atoms with Crippen LogP contribution in [0.4, 0.5) is 0 Å². The summed E-state index contributed by atoms with van der Waals surface area (Å²) in [5.74, 6) is 1.21. The molecule has 0 heterocycles. The summed E-state index contributed by atoms with van der Waals surface area (Å²) >= 11 is 5.90. The van der Waals surface area contributed by atoms with Crippen LogP contribution in [0.1, 0.15) is 24.3 Å². The lowest BCUT2D eigenvalue weighted by atomic mass is 9.79. The van der Waals surface area contributed by atoms with Crippen molar-refractivity contribution in [1.29, 1.82) is 0 Å². The predicted octanol–water partition coefficient (Wildman–Crippen LogP) is 0.906. The monoisotopic (exact) mass is 226 g/mol. The number of halogens is 1. The van der Waals surface area contributed by atoms with Crippen molar-refractivity contribution in [3.8, 4) is 5.75 Å². The molecular weight excluding hydrogens is 214 g/mol. The maximum absolute atomic E-state index is 9.13. The molecular formula is C10H12BClO3. The first-order chi connectivity index (χ1) is 7.13. The molecule has 1 fully saturated rings. The molecule has 1 aliphatic carbocycles. The SMILES string of the molecule is COc1cc(Cl)c(B(O)O)cc1C1CC1. The van der Waals surface area contributed by atoms with Crippen molar-refractivity contribution >= 4 is 24.2 Å². The van der Waals surface area contributed by atoms with E-state index in [1.807, 2.05) is 0 Å². The first kappa shape index (κ1) is 10.8. The van der Waals surface area contributed by atoms with E-state index in [2.05, 4.69) is 0 Å². The summed E-state index contributed by atoms with van der Waals surface area (Å²) in [6, 6.07) is 3.37. The van der Waals surface area contributed by atoms with Gasteiger partial charge in [0.1, 0.15) is 5.75 Å². The fraction of sp³-hybridized carbons (Fsp3) is 0.400. The molecule has 0 aromatic heterocycles. The molecule has 0 unspecified atom stereocenters. The fourth-order valence-electron chi connectivity index (χ4n) is 1.68. The highest BCUT2D eigenvalue weighted by Crippen LogP contribution is 2.44. The summed E-state index contributed by atoms with van der Waals surface area (Å²) in [4.78, 5) is 0. The molecule has 3 nitrogen and oxygen atoms in total. The Kier molecular flexibility index (Phi) is 2.91. The maximum atomic E-state index is 9.13. The Labute approximate surface area is 93.8 Å². The molecule has 2 N–H and O–H groups in total. The molecule has 0 spiro atoms. The third-order valence-electron chi connectivity index (χ3n) is 2.64. The van der Waals surface area contributed by atoms with Gasteiger partial charge in [-0.05, 0) is 30.4 Å². The number of hydrogen-bond acceptors (Lipinski definition) is 3. The zero-order valence-electron chi connectivity index (χ0n) is 8.40. The van der Waals surface area contributed by atoms with Gasteiger partial charge in [-0.1, -0.05) is 17.7 Å². The van der Waals surface area contributed by atoms with Crippen LogP contribution in [0.15, 0.2) is 12.1 Å². The van der Waals surface area contributed by atoms with Crippen LogP contribution in [0, 0.1) is 0 Å². The summed E-state index contributed by atoms with van der Waals surface area (Å²) < 4.78 is 5.21. The van der Waals surface area contributed by atoms with E-state index >= 15 is 0 Å². The number of hydrogen-bond donors (Lipinski definition) is 2. The standard InChI is InChI=1S/C10H12BClO3/c1-15-10-5-9(12)8(11(13)14)4-7(10)6-2-3-6/h4-6,13-14H,2-3H2,1H3. The van der Waals surface area contributed by atoms with Crippen LogP contribution in [-0.2, 0) is 0 Å². The lowest BCUT2D eigenvalue weighted by Crippen LogP contribution is -2.31. The number of rotatable bonds is 3. The van der Waals surface area contributed by atoms with Gasteiger partial charge in [0.2, 0.25) is 0 Å². The minimum absolute atomic E-state index is 0.325. The van der Waals surface area contributed by atoms with Crippen molar-refractivity contribution in [2.24, 2.45) is 0 Å². The van der Waals surface area contributed by atoms with Crippen LogP contribution in [-0.4, -0.2) is 24.3 Å². The maximum Gasteiger partial charge on any atom is 0.489 e. The van der Waals surface area contributed by atoms with Crippen LogP contribution in [0.3, 0.4) is 0 Å². The molecule has 80 valence electrons. The van der Waals surface area contributed by atoms with Gasteiger partial charge in [-0.25, -0.2) is 0 Å². The van der Waals surface area contributed by atoms with E-state index in [0.717, 1.165) is 24.2 Å². The second-order valence-electron chi connectivity index (χ2n) is 3.76. The van der Waals surface area contributed by atoms with Gasteiger partial charge in [-0.3, -0.25) is 0 Å². The normalized spacial score (nSPS) is 15.2. The minimum atomic E-state index is -1.53. The van der Waals surface area contributed by atoms with Crippen molar-refractivity contribution < 1.29 is 14.8 Å². The van der Waals surface area contributed by atoms with E-state index in [9.17, 15) is 0 Å². The summed E-state index contributed by atoms with van der Waals surface area (Å²) in [5, 5.41) is 18.6. The highest BCUT2D eigenvalue weighted by atomic mass is 35.5. The first-order valence-corrected chi connectivity index (χ1v) is 5.24. The second kappa shape index (κ2) is 4.04. The molecule has 1 aromatic rings. The van der Waals surface area contributed by atoms with Gasteiger partial charge in [0.05, 0.1) is 7.11 Å². The number of ether oxygens (including phenoxy) is 1. The largest absolute Gasteiger partial charge is 0.496 e. The summed E-state index contributed by atoms with van der Waals surface area (Å²) in [6.07, 6.45) is 2.25. The van der Waals surface area contributed by atoms with E-state index < -0.39 is 7.12 Å². The van der Waals surface area contributed by atoms with Gasteiger partial charge >= 0.3 is 7.12 Å². The lowest BCUT2D eigenvalue weighted by Gasteiger charge is -2.11. The second-order valence-corrected chi connectivity index (χ2v) is 4.17. The van der Waals surface area contributed by atoms with Gasteiger partial charge in [0.15, 0.2) is 0 Å². The predicted molar refractivity (Wildman–Crippen MR) is 59.8 cm³/mol. The molecule has 0 bridgehead atoms. The van der Waals surface area contributed by atoms with Crippen molar-refractivity contribution in [2.75, 3.05) is 7.11 Å². The van der Waals surface area contributed by atoms with Crippen LogP contribution in [0.25, 0.3) is 0 Å². The van der Waals surface area contributed by atoms with E-state index in [-0.39, 0.29) is 0 Å². The van der Waals surface area contributed by atoms with Crippen molar-refractivity contribution in [1.82, 2.24) is 0 Å². The quantitative estimate of drug-likeness (QED) is 0.753. The molecule has 0 radical (unpaired) electrons. The zero-order chi connectivity index (χ0) is 11.0. The van der Waals surface area contributed by atoms with Crippen molar-refractivity contribution in [2.45, 2.75) is 18.8 Å². The summed E-state index contributed by atoms with van der Waals surface area (Å²) in [5.41, 5.74) is 1.37. The minimum Gasteiger partial charge on any atom is -0.496 e. The smallest absolute Gasteiger partial charge is 0.489 e. The molecule has 5 heteroatoms. The van der Waals surface area contributed by atoms with Gasteiger partial charge in [0.25, 0.3) is 0 Å². The number of benzene rings is 1. The van der Waals surface area contributed by atoms with E-state index in [1.165, 1.54) is 0 Å². The first-order valence-electron chi connectivity index (χ1n) is 4.87. The molecule has 1 aromatic carbocycles. The van der Waals surface area contributed by atoms with Crippen LogP contribution in [0.5, 0.6) is 5.75 Å². The molecule has 1 aliphatic rings. The van der Waals surface area contributed by atoms with Crippen LogP contribution < -0.4 is 10.2 Å². The summed E-state index contributed by atoms with van der Waals surface area (Å²) in [7, 11) is 0.0629. The Hall–Kier alpha value is -0.705. The molecule has 15 heavy (non-hydrogen) atoms. The lowest BCUT2D eigenvalue weighted by molar-refractivity contribution is 0.409. The van der Waals surface area contributed by atoms with Gasteiger partial charge in [-0.2, -0.15) is 0 Å². The number of methoxy groups -OCH3 is 1. The van der Waals surface area contributed by atoms with Gasteiger partial charge in [-0.15, -0.1) is 0 Å². The summed E-state index contributed by atoms with van der Waals surface area (Å²) in [6.45, 7) is 0. The third-order valence-corrected chi connectivity index (χ3v) is 2.97.